The van der Waals surface area contributed by atoms with E-state index in [1.54, 1.807) is 14.2 Å². The second kappa shape index (κ2) is 18.8. The molecule has 0 atom stereocenters. The summed E-state index contributed by atoms with van der Waals surface area (Å²) in [5, 5.41) is 0. The molecule has 0 aliphatic carbocycles. The summed E-state index contributed by atoms with van der Waals surface area (Å²) in [5.41, 5.74) is 6.08. The first-order chi connectivity index (χ1) is 17.3. The number of ether oxygens (including phenoxy) is 1. The molecule has 184 valence electrons. The van der Waals surface area contributed by atoms with E-state index in [1.165, 1.54) is 28.1 Å². The molecule has 4 aromatic rings. The molecular weight excluding hydrogens is 426 g/mol. The molecular formula is C33H41NO. The van der Waals surface area contributed by atoms with Crippen molar-refractivity contribution in [3.05, 3.63) is 139 Å². The van der Waals surface area contributed by atoms with Crippen LogP contribution in [0.25, 0.3) is 5.57 Å². The van der Waals surface area contributed by atoms with Crippen LogP contribution < -0.4 is 4.90 Å². The zero-order valence-electron chi connectivity index (χ0n) is 22.2. The van der Waals surface area contributed by atoms with Crippen LogP contribution in [0.5, 0.6) is 0 Å². The van der Waals surface area contributed by atoms with Gasteiger partial charge in [0.05, 0.1) is 0 Å². The number of anilines is 2. The Hall–Kier alpha value is -3.62. The van der Waals surface area contributed by atoms with Gasteiger partial charge in [-0.05, 0) is 41.0 Å². The van der Waals surface area contributed by atoms with Crippen molar-refractivity contribution in [2.24, 2.45) is 0 Å². The van der Waals surface area contributed by atoms with Crippen molar-refractivity contribution < 1.29 is 4.74 Å². The van der Waals surface area contributed by atoms with Crippen LogP contribution in [0.4, 0.5) is 11.4 Å². The van der Waals surface area contributed by atoms with Crippen molar-refractivity contribution in [1.82, 2.24) is 0 Å². The zero-order valence-corrected chi connectivity index (χ0v) is 22.2. The Bertz CT molecular complexity index is 948. The van der Waals surface area contributed by atoms with Crippen molar-refractivity contribution >= 4 is 16.9 Å². The summed E-state index contributed by atoms with van der Waals surface area (Å²) in [4.78, 5) is 2.34. The predicted octanol–water partition coefficient (Wildman–Crippen LogP) is 9.27. The molecule has 0 unspecified atom stereocenters. The quantitative estimate of drug-likeness (QED) is 0.280. The fraction of sp³-hybridized carbons (Fsp3) is 0.212. The highest BCUT2D eigenvalue weighted by Crippen LogP contribution is 2.27. The third kappa shape index (κ3) is 10.0. The number of hydrogen-bond donors (Lipinski definition) is 0. The van der Waals surface area contributed by atoms with E-state index < -0.39 is 0 Å². The van der Waals surface area contributed by atoms with Crippen molar-refractivity contribution in [3.63, 3.8) is 0 Å². The molecule has 0 heterocycles. The summed E-state index contributed by atoms with van der Waals surface area (Å²) < 4.78 is 4.25. The minimum Gasteiger partial charge on any atom is -0.388 e. The van der Waals surface area contributed by atoms with Crippen molar-refractivity contribution in [2.45, 2.75) is 27.7 Å². The molecule has 0 saturated carbocycles. The normalized spacial score (nSPS) is 9.09. The lowest BCUT2D eigenvalue weighted by atomic mass is 9.97. The van der Waals surface area contributed by atoms with E-state index in [0.29, 0.717) is 0 Å². The maximum absolute atomic E-state index is 4.25. The average Bonchev–Trinajstić information content (AvgIpc) is 2.96. The lowest BCUT2D eigenvalue weighted by Crippen LogP contribution is -2.17. The Balaban J connectivity index is 0.000000797. The highest BCUT2D eigenvalue weighted by molar-refractivity contribution is 5.80. The number of methoxy groups -OCH3 is 1. The van der Waals surface area contributed by atoms with Gasteiger partial charge in [0.25, 0.3) is 0 Å². The minimum absolute atomic E-state index is 0.785. The second-order valence-corrected chi connectivity index (χ2v) is 7.04. The molecule has 0 aliphatic rings. The maximum Gasteiger partial charge on any atom is 0.0421 e. The molecule has 0 amide bonds. The van der Waals surface area contributed by atoms with E-state index in [-0.39, 0.29) is 0 Å². The lowest BCUT2D eigenvalue weighted by Gasteiger charge is -2.24. The molecule has 4 rings (SSSR count). The van der Waals surface area contributed by atoms with Crippen LogP contribution in [0.1, 0.15) is 38.8 Å². The molecule has 35 heavy (non-hydrogen) atoms. The van der Waals surface area contributed by atoms with E-state index in [1.807, 2.05) is 27.7 Å². The summed E-state index contributed by atoms with van der Waals surface area (Å²) in [6.45, 7) is 8.78. The Labute approximate surface area is 213 Å². The second-order valence-electron chi connectivity index (χ2n) is 7.04. The summed E-state index contributed by atoms with van der Waals surface area (Å²) >= 11 is 0. The SMILES string of the molecule is C(CN(c1ccccc1)c1ccccc1)=C(c1ccccc1)c1ccccc1.CC.CC.COC. The van der Waals surface area contributed by atoms with Gasteiger partial charge in [0.1, 0.15) is 0 Å². The van der Waals surface area contributed by atoms with E-state index in [2.05, 4.69) is 137 Å². The van der Waals surface area contributed by atoms with Gasteiger partial charge in [0.15, 0.2) is 0 Å². The van der Waals surface area contributed by atoms with Gasteiger partial charge in [-0.3, -0.25) is 0 Å². The topological polar surface area (TPSA) is 12.5 Å². The fourth-order valence-electron chi connectivity index (χ4n) is 3.40. The molecule has 0 radical (unpaired) electrons. The summed E-state index contributed by atoms with van der Waals surface area (Å²) in [7, 11) is 3.25. The lowest BCUT2D eigenvalue weighted by molar-refractivity contribution is 0.277. The zero-order chi connectivity index (χ0) is 25.7. The molecule has 0 aromatic heterocycles. The number of nitrogens with zero attached hydrogens (tertiary/aromatic N) is 1. The fourth-order valence-corrected chi connectivity index (χ4v) is 3.40. The van der Waals surface area contributed by atoms with E-state index in [9.17, 15) is 0 Å². The van der Waals surface area contributed by atoms with Gasteiger partial charge in [-0.1, -0.05) is 131 Å². The molecule has 4 aromatic carbocycles. The van der Waals surface area contributed by atoms with Gasteiger partial charge >= 0.3 is 0 Å². The Morgan fingerprint density at radius 3 is 1.14 bits per heavy atom. The number of hydrogen-bond acceptors (Lipinski definition) is 2. The van der Waals surface area contributed by atoms with Gasteiger partial charge in [0.2, 0.25) is 0 Å². The first-order valence-electron chi connectivity index (χ1n) is 12.4. The third-order valence-corrected chi connectivity index (χ3v) is 4.78. The third-order valence-electron chi connectivity index (χ3n) is 4.78. The molecule has 2 nitrogen and oxygen atoms in total. The summed E-state index contributed by atoms with van der Waals surface area (Å²) in [6, 6.07) is 42.3. The molecule has 0 fully saturated rings. The first kappa shape index (κ1) is 29.4. The average molecular weight is 468 g/mol. The number of para-hydroxylation sites is 2. The highest BCUT2D eigenvalue weighted by Gasteiger charge is 2.10. The van der Waals surface area contributed by atoms with Crippen LogP contribution in [-0.4, -0.2) is 20.8 Å². The Kier molecular flexibility index (Phi) is 15.8. The molecule has 0 aliphatic heterocycles. The smallest absolute Gasteiger partial charge is 0.0421 e. The highest BCUT2D eigenvalue weighted by atomic mass is 16.4. The van der Waals surface area contributed by atoms with Gasteiger partial charge in [-0.25, -0.2) is 0 Å². The number of benzene rings is 4. The Morgan fingerprint density at radius 1 is 0.543 bits per heavy atom. The van der Waals surface area contributed by atoms with Crippen molar-refractivity contribution in [3.8, 4) is 0 Å². The van der Waals surface area contributed by atoms with Crippen LogP contribution >= 0.6 is 0 Å². The van der Waals surface area contributed by atoms with Crippen LogP contribution in [0.3, 0.4) is 0 Å². The monoisotopic (exact) mass is 467 g/mol. The molecule has 0 N–H and O–H groups in total. The largest absolute Gasteiger partial charge is 0.388 e. The van der Waals surface area contributed by atoms with Crippen molar-refractivity contribution in [1.29, 1.82) is 0 Å². The molecule has 0 spiro atoms. The first-order valence-corrected chi connectivity index (χ1v) is 12.4. The van der Waals surface area contributed by atoms with Gasteiger partial charge < -0.3 is 9.64 Å². The molecule has 0 saturated heterocycles. The van der Waals surface area contributed by atoms with Gasteiger partial charge in [-0.2, -0.15) is 0 Å². The van der Waals surface area contributed by atoms with Crippen molar-refractivity contribution in [2.75, 3.05) is 25.7 Å². The molecule has 0 bridgehead atoms. The van der Waals surface area contributed by atoms with Crippen LogP contribution in [0.15, 0.2) is 127 Å². The van der Waals surface area contributed by atoms with E-state index >= 15 is 0 Å². The van der Waals surface area contributed by atoms with Crippen LogP contribution in [-0.2, 0) is 4.74 Å². The van der Waals surface area contributed by atoms with Gasteiger partial charge in [0, 0.05) is 32.1 Å². The molecule has 2 heteroatoms. The number of rotatable bonds is 6. The van der Waals surface area contributed by atoms with E-state index in [4.69, 9.17) is 0 Å². The standard InChI is InChI=1S/C27H23N.C2H6O.2C2H6/c1-5-13-23(14-6-1)27(24-15-7-2-8-16-24)21-22-28(25-17-9-3-10-18-25)26-19-11-4-12-20-26;1-3-2;2*1-2/h1-21H,22H2;1-2H3;2*1-2H3. The summed E-state index contributed by atoms with van der Waals surface area (Å²) in [6.07, 6.45) is 2.32. The van der Waals surface area contributed by atoms with Crippen LogP contribution in [0, 0.1) is 0 Å². The Morgan fingerprint density at radius 2 is 0.829 bits per heavy atom. The van der Waals surface area contributed by atoms with E-state index in [0.717, 1.165) is 6.54 Å². The van der Waals surface area contributed by atoms with Gasteiger partial charge in [-0.15, -0.1) is 0 Å². The summed E-state index contributed by atoms with van der Waals surface area (Å²) in [5.74, 6) is 0. The predicted molar refractivity (Wildman–Crippen MR) is 155 cm³/mol. The maximum atomic E-state index is 4.25. The minimum atomic E-state index is 0.785. The van der Waals surface area contributed by atoms with Crippen LogP contribution in [0.2, 0.25) is 0 Å².